The first kappa shape index (κ1) is 16.1. The maximum absolute atomic E-state index is 13.2. The summed E-state index contributed by atoms with van der Waals surface area (Å²) in [5, 5.41) is 7.07. The molecule has 0 aliphatic carbocycles. The number of thiophene rings is 1. The summed E-state index contributed by atoms with van der Waals surface area (Å²) >= 11 is 1.64. The van der Waals surface area contributed by atoms with Crippen LogP contribution in [-0.4, -0.2) is 43.7 Å². The van der Waals surface area contributed by atoms with E-state index in [-0.39, 0.29) is 11.9 Å². The maximum Gasteiger partial charge on any atom is 0.251 e. The minimum absolute atomic E-state index is 0.114. The third-order valence-corrected chi connectivity index (χ3v) is 4.66. The quantitative estimate of drug-likeness (QED) is 0.914. The lowest BCUT2D eigenvalue weighted by Gasteiger charge is -2.34. The lowest BCUT2D eigenvalue weighted by atomic mass is 10.1. The fourth-order valence-corrected chi connectivity index (χ4v) is 3.44. The fourth-order valence-electron chi connectivity index (χ4n) is 2.73. The second-order valence-corrected chi connectivity index (χ2v) is 6.22. The Hall–Kier alpha value is -1.76. The van der Waals surface area contributed by atoms with Gasteiger partial charge in [-0.25, -0.2) is 4.39 Å². The van der Waals surface area contributed by atoms with Gasteiger partial charge in [-0.2, -0.15) is 11.3 Å². The topological polar surface area (TPSA) is 41.6 Å². The van der Waals surface area contributed by atoms with Gasteiger partial charge in [0, 0.05) is 25.2 Å². The van der Waals surface area contributed by atoms with Crippen LogP contribution in [0.3, 0.4) is 0 Å². The first-order chi connectivity index (χ1) is 11.2. The van der Waals surface area contributed by atoms with Gasteiger partial charge in [0.2, 0.25) is 0 Å². The zero-order valence-electron chi connectivity index (χ0n) is 12.7. The predicted molar refractivity (Wildman–Crippen MR) is 88.2 cm³/mol. The number of halogens is 1. The average molecular weight is 334 g/mol. The number of benzene rings is 1. The zero-order chi connectivity index (χ0) is 16.1. The molecule has 1 atom stereocenters. The molecule has 1 aromatic heterocycles. The Labute approximate surface area is 138 Å². The third kappa shape index (κ3) is 4.16. The zero-order valence-corrected chi connectivity index (χ0v) is 13.5. The number of morpholine rings is 1. The van der Waals surface area contributed by atoms with Crippen molar-refractivity contribution in [1.82, 2.24) is 10.2 Å². The Bertz CT molecular complexity index is 642. The summed E-state index contributed by atoms with van der Waals surface area (Å²) in [5.74, 6) is -0.654. The summed E-state index contributed by atoms with van der Waals surface area (Å²) in [5.41, 5.74) is 1.53. The number of carbonyl (C=O) groups is 1. The standard InChI is InChI=1S/C17H19FN2O2S/c18-15-3-1-2-13(10-15)17(21)19-11-16(14-4-9-23-12-14)20-5-7-22-8-6-20/h1-4,9-10,12,16H,5-8,11H2,(H,19,21)/t16-/m0/s1. The molecule has 2 heterocycles. The highest BCUT2D eigenvalue weighted by molar-refractivity contribution is 7.07. The molecule has 1 saturated heterocycles. The van der Waals surface area contributed by atoms with Crippen LogP contribution in [0.25, 0.3) is 0 Å². The molecule has 2 aromatic rings. The SMILES string of the molecule is O=C(NC[C@@H](c1ccsc1)N1CCOCC1)c1cccc(F)c1. The highest BCUT2D eigenvalue weighted by Gasteiger charge is 2.23. The molecule has 23 heavy (non-hydrogen) atoms. The Morgan fingerprint density at radius 3 is 2.87 bits per heavy atom. The van der Waals surface area contributed by atoms with Gasteiger partial charge in [0.05, 0.1) is 19.3 Å². The van der Waals surface area contributed by atoms with Crippen molar-refractivity contribution in [3.8, 4) is 0 Å². The molecular formula is C17H19FN2O2S. The van der Waals surface area contributed by atoms with Crippen molar-refractivity contribution in [3.05, 3.63) is 58.0 Å². The predicted octanol–water partition coefficient (Wildman–Crippen LogP) is 2.69. The molecule has 4 nitrogen and oxygen atoms in total. The molecule has 0 saturated carbocycles. The molecule has 0 bridgehead atoms. The van der Waals surface area contributed by atoms with Crippen LogP contribution in [-0.2, 0) is 4.74 Å². The molecule has 1 N–H and O–H groups in total. The summed E-state index contributed by atoms with van der Waals surface area (Å²) in [6.07, 6.45) is 0. The summed E-state index contributed by atoms with van der Waals surface area (Å²) < 4.78 is 18.6. The summed E-state index contributed by atoms with van der Waals surface area (Å²) in [6, 6.07) is 7.94. The van der Waals surface area contributed by atoms with Gasteiger partial charge >= 0.3 is 0 Å². The van der Waals surface area contributed by atoms with Crippen LogP contribution in [0.4, 0.5) is 4.39 Å². The van der Waals surface area contributed by atoms with Gasteiger partial charge in [-0.3, -0.25) is 9.69 Å². The minimum atomic E-state index is -0.403. The molecule has 6 heteroatoms. The van der Waals surface area contributed by atoms with Crippen LogP contribution in [0.2, 0.25) is 0 Å². The highest BCUT2D eigenvalue weighted by atomic mass is 32.1. The fraction of sp³-hybridized carbons (Fsp3) is 0.353. The smallest absolute Gasteiger partial charge is 0.251 e. The van der Waals surface area contributed by atoms with Gasteiger partial charge in [0.15, 0.2) is 0 Å². The number of hydrogen-bond acceptors (Lipinski definition) is 4. The molecular weight excluding hydrogens is 315 g/mol. The molecule has 1 aliphatic rings. The van der Waals surface area contributed by atoms with Crippen molar-refractivity contribution in [2.24, 2.45) is 0 Å². The van der Waals surface area contributed by atoms with Gasteiger partial charge in [0.1, 0.15) is 5.82 Å². The monoisotopic (exact) mass is 334 g/mol. The summed E-state index contributed by atoms with van der Waals surface area (Å²) in [7, 11) is 0. The van der Waals surface area contributed by atoms with E-state index >= 15 is 0 Å². The van der Waals surface area contributed by atoms with Crippen molar-refractivity contribution in [3.63, 3.8) is 0 Å². The van der Waals surface area contributed by atoms with E-state index in [9.17, 15) is 9.18 Å². The van der Waals surface area contributed by atoms with E-state index in [1.54, 1.807) is 23.5 Å². The lowest BCUT2D eigenvalue weighted by molar-refractivity contribution is 0.0163. The Balaban J connectivity index is 1.67. The first-order valence-electron chi connectivity index (χ1n) is 7.62. The molecule has 3 rings (SSSR count). The molecule has 1 aliphatic heterocycles. The van der Waals surface area contributed by atoms with Crippen molar-refractivity contribution in [2.45, 2.75) is 6.04 Å². The third-order valence-electron chi connectivity index (χ3n) is 3.96. The summed E-state index contributed by atoms with van der Waals surface area (Å²) in [6.45, 7) is 3.59. The molecule has 0 spiro atoms. The molecule has 1 amide bonds. The van der Waals surface area contributed by atoms with Crippen molar-refractivity contribution in [1.29, 1.82) is 0 Å². The van der Waals surface area contributed by atoms with Crippen molar-refractivity contribution in [2.75, 3.05) is 32.8 Å². The van der Waals surface area contributed by atoms with Crippen LogP contribution < -0.4 is 5.32 Å². The van der Waals surface area contributed by atoms with Crippen molar-refractivity contribution >= 4 is 17.2 Å². The average Bonchev–Trinajstić information content (AvgIpc) is 3.10. The summed E-state index contributed by atoms with van der Waals surface area (Å²) in [4.78, 5) is 14.6. The van der Waals surface area contributed by atoms with E-state index in [2.05, 4.69) is 21.7 Å². The van der Waals surface area contributed by atoms with E-state index in [4.69, 9.17) is 4.74 Å². The van der Waals surface area contributed by atoms with E-state index in [1.165, 1.54) is 17.7 Å². The normalized spacial score (nSPS) is 16.9. The van der Waals surface area contributed by atoms with Crippen LogP contribution in [0.15, 0.2) is 41.1 Å². The van der Waals surface area contributed by atoms with Gasteiger partial charge in [-0.1, -0.05) is 6.07 Å². The number of nitrogens with one attached hydrogen (secondary N) is 1. The van der Waals surface area contributed by atoms with E-state index < -0.39 is 5.82 Å². The lowest BCUT2D eigenvalue weighted by Crippen LogP contribution is -2.43. The minimum Gasteiger partial charge on any atom is -0.379 e. The number of nitrogens with zero attached hydrogens (tertiary/aromatic N) is 1. The molecule has 122 valence electrons. The van der Waals surface area contributed by atoms with E-state index in [1.807, 2.05) is 5.38 Å². The van der Waals surface area contributed by atoms with Gasteiger partial charge in [-0.05, 0) is 40.6 Å². The number of ether oxygens (including phenoxy) is 1. The first-order valence-corrected chi connectivity index (χ1v) is 8.56. The van der Waals surface area contributed by atoms with Crippen molar-refractivity contribution < 1.29 is 13.9 Å². The second-order valence-electron chi connectivity index (χ2n) is 5.44. The van der Waals surface area contributed by atoms with Crippen LogP contribution >= 0.6 is 11.3 Å². The molecule has 0 radical (unpaired) electrons. The van der Waals surface area contributed by atoms with E-state index in [0.717, 1.165) is 13.1 Å². The molecule has 1 fully saturated rings. The van der Waals surface area contributed by atoms with Crippen LogP contribution in [0, 0.1) is 5.82 Å². The number of carbonyl (C=O) groups excluding carboxylic acids is 1. The van der Waals surface area contributed by atoms with Gasteiger partial charge in [-0.15, -0.1) is 0 Å². The highest BCUT2D eigenvalue weighted by Crippen LogP contribution is 2.23. The Morgan fingerprint density at radius 1 is 1.35 bits per heavy atom. The van der Waals surface area contributed by atoms with Crippen LogP contribution in [0.1, 0.15) is 22.0 Å². The van der Waals surface area contributed by atoms with Gasteiger partial charge < -0.3 is 10.1 Å². The number of hydrogen-bond donors (Lipinski definition) is 1. The number of amides is 1. The molecule has 0 unspecified atom stereocenters. The largest absolute Gasteiger partial charge is 0.379 e. The Kier molecular flexibility index (Phi) is 5.38. The number of rotatable bonds is 5. The molecule has 1 aromatic carbocycles. The maximum atomic E-state index is 13.2. The van der Waals surface area contributed by atoms with Crippen LogP contribution in [0.5, 0.6) is 0 Å². The van der Waals surface area contributed by atoms with Gasteiger partial charge in [0.25, 0.3) is 5.91 Å². The second kappa shape index (κ2) is 7.68. The Morgan fingerprint density at radius 2 is 2.17 bits per heavy atom. The van der Waals surface area contributed by atoms with E-state index in [0.29, 0.717) is 25.3 Å².